The molecule has 2 aromatic rings. The second kappa shape index (κ2) is 13.6. The van der Waals surface area contributed by atoms with Gasteiger partial charge in [-0.15, -0.1) is 0 Å². The molecule has 0 atom stereocenters. The third-order valence-corrected chi connectivity index (χ3v) is 10.3. The van der Waals surface area contributed by atoms with Gasteiger partial charge in [-0.25, -0.2) is 12.7 Å². The highest BCUT2D eigenvalue weighted by Crippen LogP contribution is 2.40. The molecule has 0 bridgehead atoms. The van der Waals surface area contributed by atoms with E-state index in [9.17, 15) is 18.0 Å². The van der Waals surface area contributed by atoms with Crippen molar-refractivity contribution >= 4 is 27.5 Å². The van der Waals surface area contributed by atoms with Crippen molar-refractivity contribution in [1.29, 1.82) is 0 Å². The molecule has 0 saturated carbocycles. The van der Waals surface area contributed by atoms with Crippen LogP contribution in [0.1, 0.15) is 63.9 Å². The average molecular weight is 569 g/mol. The van der Waals surface area contributed by atoms with Crippen LogP contribution in [0.4, 0.5) is 5.69 Å². The number of benzene rings is 2. The van der Waals surface area contributed by atoms with Gasteiger partial charge in [-0.05, 0) is 37.0 Å². The normalized spacial score (nSPS) is 17.5. The van der Waals surface area contributed by atoms with Crippen LogP contribution in [0.15, 0.2) is 60.7 Å². The molecule has 2 aliphatic heterocycles. The van der Waals surface area contributed by atoms with E-state index in [1.807, 2.05) is 60.7 Å². The summed E-state index contributed by atoms with van der Waals surface area (Å²) in [5.74, 6) is -0.0522. The number of amides is 2. The molecule has 0 N–H and O–H groups in total. The minimum atomic E-state index is -3.37. The van der Waals surface area contributed by atoms with Crippen LogP contribution in [0.25, 0.3) is 0 Å². The highest BCUT2D eigenvalue weighted by molar-refractivity contribution is 7.89. The maximum Gasteiger partial charge on any atom is 0.250 e. The van der Waals surface area contributed by atoms with Crippen LogP contribution in [0, 0.1) is 0 Å². The lowest BCUT2D eigenvalue weighted by Gasteiger charge is -2.42. The third-order valence-electron chi connectivity index (χ3n) is 8.30. The molecule has 40 heavy (non-hydrogen) atoms. The van der Waals surface area contributed by atoms with Crippen molar-refractivity contribution in [1.82, 2.24) is 14.1 Å². The van der Waals surface area contributed by atoms with E-state index in [2.05, 4.69) is 11.8 Å². The first-order valence-corrected chi connectivity index (χ1v) is 16.3. The topological polar surface area (TPSA) is 81.2 Å². The molecule has 0 aliphatic carbocycles. The average Bonchev–Trinajstić information content (AvgIpc) is 3.22. The van der Waals surface area contributed by atoms with Crippen molar-refractivity contribution in [2.24, 2.45) is 0 Å². The summed E-state index contributed by atoms with van der Waals surface area (Å²) >= 11 is 0. The summed E-state index contributed by atoms with van der Waals surface area (Å²) in [6.45, 7) is 3.56. The zero-order valence-electron chi connectivity index (χ0n) is 24.0. The smallest absolute Gasteiger partial charge is 0.250 e. The Morgan fingerprint density at radius 1 is 0.900 bits per heavy atom. The Balaban J connectivity index is 1.42. The fourth-order valence-corrected chi connectivity index (χ4v) is 7.45. The second-order valence-electron chi connectivity index (χ2n) is 11.2. The highest BCUT2D eigenvalue weighted by atomic mass is 32.2. The van der Waals surface area contributed by atoms with Crippen molar-refractivity contribution in [3.63, 3.8) is 0 Å². The molecule has 0 unspecified atom stereocenters. The first-order valence-electron chi connectivity index (χ1n) is 14.6. The SMILES string of the molecule is CCCCCCCCS(=O)(=O)N1CCC2(CC1)C(=O)N(CC(=O)N(C)Cc1ccccc1)CN2c1ccccc1. The van der Waals surface area contributed by atoms with Gasteiger partial charge in [-0.2, -0.15) is 0 Å². The lowest BCUT2D eigenvalue weighted by Crippen LogP contribution is -2.57. The maximum absolute atomic E-state index is 14.0. The van der Waals surface area contributed by atoms with E-state index in [1.165, 1.54) is 12.8 Å². The predicted octanol–water partition coefficient (Wildman–Crippen LogP) is 4.48. The van der Waals surface area contributed by atoms with Crippen LogP contribution < -0.4 is 4.90 Å². The van der Waals surface area contributed by atoms with Gasteiger partial charge in [0.1, 0.15) is 12.1 Å². The van der Waals surface area contributed by atoms with E-state index in [0.717, 1.165) is 30.5 Å². The van der Waals surface area contributed by atoms with Gasteiger partial charge >= 0.3 is 0 Å². The zero-order valence-corrected chi connectivity index (χ0v) is 24.8. The number of hydrogen-bond acceptors (Lipinski definition) is 5. The van der Waals surface area contributed by atoms with Crippen molar-refractivity contribution in [2.45, 2.75) is 70.4 Å². The Morgan fingerprint density at radius 3 is 2.15 bits per heavy atom. The molecule has 2 saturated heterocycles. The zero-order chi connectivity index (χ0) is 28.6. The number of likely N-dealkylation sites (N-methyl/N-ethyl adjacent to an activating group) is 1. The molecule has 8 nitrogen and oxygen atoms in total. The van der Waals surface area contributed by atoms with Gasteiger partial charge in [0.2, 0.25) is 21.8 Å². The monoisotopic (exact) mass is 568 g/mol. The molecular weight excluding hydrogens is 524 g/mol. The number of rotatable bonds is 13. The summed E-state index contributed by atoms with van der Waals surface area (Å²) in [5.41, 5.74) is 1.08. The van der Waals surface area contributed by atoms with E-state index < -0.39 is 15.6 Å². The first-order chi connectivity index (χ1) is 19.3. The first kappa shape index (κ1) is 30.1. The standard InChI is InChI=1S/C31H44N4O4S/c1-3-4-5-6-7-14-23-40(38,39)34-21-19-31(20-22-34)30(37)33(26-35(31)28-17-12-9-13-18-28)25-29(36)32(2)24-27-15-10-8-11-16-27/h8-13,15-18H,3-7,14,19-26H2,1-2H3. The maximum atomic E-state index is 14.0. The summed E-state index contributed by atoms with van der Waals surface area (Å²) in [5, 5.41) is 0. The van der Waals surface area contributed by atoms with Gasteiger partial charge < -0.3 is 14.7 Å². The fraction of sp³-hybridized carbons (Fsp3) is 0.548. The Morgan fingerprint density at radius 2 is 1.50 bits per heavy atom. The molecule has 2 fully saturated rings. The number of para-hydroxylation sites is 1. The van der Waals surface area contributed by atoms with E-state index in [1.54, 1.807) is 21.2 Å². The molecule has 9 heteroatoms. The van der Waals surface area contributed by atoms with Crippen molar-refractivity contribution in [3.05, 3.63) is 66.2 Å². The number of carbonyl (C=O) groups excluding carboxylic acids is 2. The van der Waals surface area contributed by atoms with Crippen LogP contribution in [-0.4, -0.2) is 79.0 Å². The van der Waals surface area contributed by atoms with Gasteiger partial charge in [0, 0.05) is 32.4 Å². The summed E-state index contributed by atoms with van der Waals surface area (Å²) in [7, 11) is -1.61. The van der Waals surface area contributed by atoms with Crippen molar-refractivity contribution < 1.29 is 18.0 Å². The van der Waals surface area contributed by atoms with Gasteiger partial charge in [0.25, 0.3) is 0 Å². The number of hydrogen-bond donors (Lipinski definition) is 0. The largest absolute Gasteiger partial charge is 0.340 e. The lowest BCUT2D eigenvalue weighted by atomic mass is 9.86. The lowest BCUT2D eigenvalue weighted by molar-refractivity contribution is -0.140. The van der Waals surface area contributed by atoms with Crippen LogP contribution in [0.2, 0.25) is 0 Å². The van der Waals surface area contributed by atoms with Crippen LogP contribution in [0.3, 0.4) is 0 Å². The summed E-state index contributed by atoms with van der Waals surface area (Å²) in [4.78, 5) is 32.5. The molecule has 4 rings (SSSR count). The summed E-state index contributed by atoms with van der Waals surface area (Å²) in [6, 6.07) is 19.6. The summed E-state index contributed by atoms with van der Waals surface area (Å²) in [6.07, 6.45) is 7.00. The molecule has 0 aromatic heterocycles. The number of carbonyl (C=O) groups is 2. The number of piperidine rings is 1. The van der Waals surface area contributed by atoms with Crippen molar-refractivity contribution in [3.8, 4) is 0 Å². The minimum Gasteiger partial charge on any atom is -0.340 e. The van der Waals surface area contributed by atoms with Crippen molar-refractivity contribution in [2.75, 3.05) is 44.0 Å². The Hall–Kier alpha value is -2.91. The number of unbranched alkanes of at least 4 members (excludes halogenated alkanes) is 5. The minimum absolute atomic E-state index is 0.00665. The Bertz CT molecular complexity index is 1210. The quantitative estimate of drug-likeness (QED) is 0.333. The van der Waals surface area contributed by atoms with Gasteiger partial charge in [-0.3, -0.25) is 9.59 Å². The molecule has 2 aromatic carbocycles. The Labute approximate surface area is 240 Å². The van der Waals surface area contributed by atoms with E-state index in [-0.39, 0.29) is 24.1 Å². The number of anilines is 1. The number of sulfonamides is 1. The van der Waals surface area contributed by atoms with E-state index in [4.69, 9.17) is 0 Å². The van der Waals surface area contributed by atoms with Crippen LogP contribution in [-0.2, 0) is 26.2 Å². The van der Waals surface area contributed by atoms with Gasteiger partial charge in [0.15, 0.2) is 0 Å². The predicted molar refractivity (Wildman–Crippen MR) is 159 cm³/mol. The van der Waals surface area contributed by atoms with Crippen LogP contribution in [0.5, 0.6) is 0 Å². The molecule has 0 radical (unpaired) electrons. The third kappa shape index (κ3) is 7.04. The van der Waals surface area contributed by atoms with Crippen LogP contribution >= 0.6 is 0 Å². The molecular formula is C31H44N4O4S. The molecule has 2 aliphatic rings. The Kier molecular flexibility index (Phi) is 10.2. The fourth-order valence-electron chi connectivity index (χ4n) is 5.88. The van der Waals surface area contributed by atoms with E-state index in [0.29, 0.717) is 45.6 Å². The van der Waals surface area contributed by atoms with E-state index >= 15 is 0 Å². The van der Waals surface area contributed by atoms with Gasteiger partial charge in [-0.1, -0.05) is 87.6 Å². The molecule has 2 amide bonds. The second-order valence-corrected chi connectivity index (χ2v) is 13.2. The highest BCUT2D eigenvalue weighted by Gasteiger charge is 2.54. The molecule has 1 spiro atoms. The van der Waals surface area contributed by atoms with Gasteiger partial charge in [0.05, 0.1) is 12.4 Å². The molecule has 2 heterocycles. The summed E-state index contributed by atoms with van der Waals surface area (Å²) < 4.78 is 27.8. The molecule has 218 valence electrons. The number of nitrogens with zero attached hydrogens (tertiary/aromatic N) is 4.